The number of azide groups is 1. The number of hydrogen-bond acceptors (Lipinski definition) is 23. The van der Waals surface area contributed by atoms with E-state index in [0.29, 0.717) is 0 Å². The summed E-state index contributed by atoms with van der Waals surface area (Å²) >= 11 is 0. The summed E-state index contributed by atoms with van der Waals surface area (Å²) < 4.78 is 22.1. The van der Waals surface area contributed by atoms with E-state index in [-0.39, 0.29) is 37.1 Å². The Morgan fingerprint density at radius 1 is 0.710 bits per heavy atom. The minimum absolute atomic E-state index is 0. The highest BCUT2D eigenvalue weighted by Crippen LogP contribution is 2.33. The van der Waals surface area contributed by atoms with Gasteiger partial charge in [0.15, 0.2) is 12.5 Å². The van der Waals surface area contributed by atoms with Crippen molar-refractivity contribution in [3.63, 3.8) is 0 Å². The van der Waals surface area contributed by atoms with Crippen molar-refractivity contribution in [3.05, 3.63) is 22.3 Å². The maximum atomic E-state index is 11.5. The van der Waals surface area contributed by atoms with E-state index in [1.54, 1.807) is 0 Å². The van der Waals surface area contributed by atoms with E-state index in [1.165, 1.54) is 20.0 Å². The van der Waals surface area contributed by atoms with Crippen molar-refractivity contribution < 1.29 is 100 Å². The molecule has 29 heteroatoms. The number of nitrogens with zero attached hydrogens (tertiary/aromatic N) is 6. The summed E-state index contributed by atoms with van der Waals surface area (Å²) in [5, 5.41) is 150. The van der Waals surface area contributed by atoms with Crippen LogP contribution in [0.2, 0.25) is 0 Å². The van der Waals surface area contributed by atoms with Crippen LogP contribution in [0.1, 0.15) is 39.3 Å². The zero-order valence-corrected chi connectivity index (χ0v) is 34.7. The Bertz CT molecular complexity index is 1620. The van der Waals surface area contributed by atoms with Crippen LogP contribution in [0.3, 0.4) is 0 Å². The van der Waals surface area contributed by atoms with Crippen molar-refractivity contribution >= 4 is 35.8 Å². The van der Waals surface area contributed by atoms with E-state index in [4.69, 9.17) is 41.1 Å². The van der Waals surface area contributed by atoms with E-state index < -0.39 is 160 Å². The van der Waals surface area contributed by atoms with Crippen LogP contribution in [0.25, 0.3) is 10.4 Å². The third-order valence-corrected chi connectivity index (χ3v) is 9.73. The predicted molar refractivity (Wildman–Crippen MR) is 213 cm³/mol. The SMILES string of the molecule is C.C#C[C@H]1O[C@H](CO)[C@@H](O)[C@H](O)[C@@H]1O.CC(=O)N[C@@H]1[C@@H](O)[C@H](O)[C@@H](CO)O[C@@H]1N=[N+]=[N-].CC(=O)N[C@@H]1[C@@H](O)[C@H](O)[C@@H](CO)O[C@H]1n1cc([C@H]2O[C@H](CO)[C@@H](O)[C@H](O)[C@@H]2O)nn1.I. The van der Waals surface area contributed by atoms with Crippen molar-refractivity contribution in [2.75, 3.05) is 26.4 Å². The average Bonchev–Trinajstić information content (AvgIpc) is 3.71. The van der Waals surface area contributed by atoms with Crippen molar-refractivity contribution in [2.24, 2.45) is 5.11 Å². The van der Waals surface area contributed by atoms with Crippen LogP contribution in [-0.4, -0.2) is 235 Å². The first-order chi connectivity index (χ1) is 28.3. The molecule has 28 nitrogen and oxygen atoms in total. The highest BCUT2D eigenvalue weighted by molar-refractivity contribution is 14.0. The number of carbonyl (C=O) groups excluding carboxylic acids is 2. The number of terminal acetylenes is 1. The lowest BCUT2D eigenvalue weighted by molar-refractivity contribution is -0.232. The maximum absolute atomic E-state index is 11.5. The van der Waals surface area contributed by atoms with Crippen molar-refractivity contribution in [3.8, 4) is 12.3 Å². The average molecular weight is 1010 g/mol. The van der Waals surface area contributed by atoms with E-state index in [1.807, 2.05) is 0 Å². The summed E-state index contributed by atoms with van der Waals surface area (Å²) in [6.07, 6.45) is -17.1. The zero-order chi connectivity index (χ0) is 45.2. The van der Waals surface area contributed by atoms with Crippen LogP contribution in [0, 0.1) is 12.3 Å². The molecule has 4 aliphatic heterocycles. The smallest absolute Gasteiger partial charge is 0.217 e. The van der Waals surface area contributed by atoms with E-state index in [9.17, 15) is 70.9 Å². The van der Waals surface area contributed by atoms with Gasteiger partial charge in [0.05, 0.1) is 38.7 Å². The van der Waals surface area contributed by atoms with Gasteiger partial charge in [-0.2, -0.15) is 0 Å². The van der Waals surface area contributed by atoms with Gasteiger partial charge < -0.3 is 101 Å². The molecule has 5 heterocycles. The quantitative estimate of drug-likeness (QED) is 0.0359. The monoisotopic (exact) mass is 1010 g/mol. The number of amides is 2. The number of hydrogen-bond donors (Lipinski definition) is 16. The zero-order valence-electron chi connectivity index (χ0n) is 32.3. The molecule has 0 spiro atoms. The third kappa shape index (κ3) is 13.5. The number of carbonyl (C=O) groups is 2. The summed E-state index contributed by atoms with van der Waals surface area (Å²) in [7, 11) is 0. The van der Waals surface area contributed by atoms with Gasteiger partial charge in [-0.1, -0.05) is 23.7 Å². The summed E-state index contributed by atoms with van der Waals surface area (Å²) in [4.78, 5) is 25.0. The highest BCUT2D eigenvalue weighted by Gasteiger charge is 2.49. The number of halogens is 1. The fourth-order valence-corrected chi connectivity index (χ4v) is 6.48. The van der Waals surface area contributed by atoms with E-state index in [0.717, 1.165) is 4.68 Å². The molecule has 4 aliphatic rings. The van der Waals surface area contributed by atoms with Crippen LogP contribution in [0.4, 0.5) is 0 Å². The van der Waals surface area contributed by atoms with E-state index in [2.05, 4.69) is 36.9 Å². The Balaban J connectivity index is 0.000000509. The van der Waals surface area contributed by atoms with Gasteiger partial charge in [0.1, 0.15) is 109 Å². The maximum Gasteiger partial charge on any atom is 0.217 e. The molecule has 0 radical (unpaired) electrons. The number of ether oxygens (including phenoxy) is 4. The topological polar surface area (TPSA) is 458 Å². The third-order valence-electron chi connectivity index (χ3n) is 9.73. The molecular weight excluding hydrogens is 955 g/mol. The van der Waals surface area contributed by atoms with E-state index >= 15 is 0 Å². The molecule has 1 aromatic rings. The minimum Gasteiger partial charge on any atom is -0.394 e. The Kier molecular flexibility index (Phi) is 23.9. The first-order valence-corrected chi connectivity index (χ1v) is 18.1. The summed E-state index contributed by atoms with van der Waals surface area (Å²) in [5.41, 5.74) is 8.35. The van der Waals surface area contributed by atoms with Gasteiger partial charge >= 0.3 is 0 Å². The second-order valence-corrected chi connectivity index (χ2v) is 13.9. The van der Waals surface area contributed by atoms with Crippen LogP contribution in [0.15, 0.2) is 11.3 Å². The van der Waals surface area contributed by atoms with Crippen molar-refractivity contribution in [1.29, 1.82) is 0 Å². The standard InChI is InChI=1S/C16H26N4O10.C8H14N4O5.C8H12O5.CH4.HI/c1-5(23)17-9-12(26)10(24)8(4-22)30-16(9)20-2-6(18-19-20)15-14(28)13(27)11(25)7(3-21)29-15;1-3(14)10-5-7(16)6(15)4(2-13)17-8(5)11-12-9;1-2-4-6(10)8(12)7(11)5(3-9)13-4;;/h2,7-16,21-22,24-28H,3-4H2,1H3,(H,17,23);4-8,13,15-16H,2H2,1H3,(H,10,14);1,4-12H,3H2;1H4;1H/t7-,8-,9-,10-,11-,12-,13+,14+,15-,16-;4-,5-,6-,7-,8+;4-,5-,6-,7-,8-;;/m111../s1. The first-order valence-electron chi connectivity index (χ1n) is 18.1. The molecule has 4 fully saturated rings. The van der Waals surface area contributed by atoms with Gasteiger partial charge in [0, 0.05) is 18.8 Å². The molecule has 0 aromatic carbocycles. The number of aliphatic hydroxyl groups excluding tert-OH is 14. The van der Waals surface area contributed by atoms with Gasteiger partial charge in [-0.25, -0.2) is 4.68 Å². The number of rotatable bonds is 9. The molecular formula is C33H57IN8O20. The van der Waals surface area contributed by atoms with Crippen LogP contribution >= 0.6 is 24.0 Å². The number of nitrogens with one attached hydrogen (secondary N) is 2. The fraction of sp³-hybridized carbons (Fsp3) is 0.818. The molecule has 16 N–H and O–H groups in total. The van der Waals surface area contributed by atoms with Gasteiger partial charge in [-0.3, -0.25) is 9.59 Å². The van der Waals surface area contributed by atoms with Gasteiger partial charge in [0.25, 0.3) is 0 Å². The number of aliphatic hydroxyl groups is 14. The second-order valence-electron chi connectivity index (χ2n) is 13.9. The van der Waals surface area contributed by atoms with Crippen LogP contribution < -0.4 is 10.6 Å². The van der Waals surface area contributed by atoms with Gasteiger partial charge in [-0.15, -0.1) is 35.5 Å². The lowest BCUT2D eigenvalue weighted by atomic mass is 9.94. The Hall–Kier alpha value is -3.04. The van der Waals surface area contributed by atoms with Crippen molar-refractivity contribution in [1.82, 2.24) is 25.6 Å². The summed E-state index contributed by atoms with van der Waals surface area (Å²) in [6.45, 7) is 0.189. The van der Waals surface area contributed by atoms with Crippen LogP contribution in [-0.2, 0) is 28.5 Å². The molecule has 4 saturated heterocycles. The minimum atomic E-state index is -1.61. The lowest BCUT2D eigenvalue weighted by Gasteiger charge is -2.42. The second kappa shape index (κ2) is 26.1. The Morgan fingerprint density at radius 2 is 1.15 bits per heavy atom. The molecule has 0 aliphatic carbocycles. The Morgan fingerprint density at radius 3 is 1.63 bits per heavy atom. The number of aromatic nitrogens is 3. The normalized spacial score (nSPS) is 40.1. The molecule has 5 rings (SSSR count). The molecule has 0 bridgehead atoms. The summed E-state index contributed by atoms with van der Waals surface area (Å²) in [5.74, 6) is 1.13. The molecule has 62 heavy (non-hydrogen) atoms. The molecule has 356 valence electrons. The molecule has 0 unspecified atom stereocenters. The Labute approximate surface area is 370 Å². The van der Waals surface area contributed by atoms with Crippen LogP contribution in [0.5, 0.6) is 0 Å². The molecule has 0 saturated carbocycles. The predicted octanol–water partition coefficient (Wildman–Crippen LogP) is -8.13. The van der Waals surface area contributed by atoms with Crippen molar-refractivity contribution in [2.45, 2.75) is 143 Å². The first kappa shape index (κ1) is 57.0. The molecule has 1 aromatic heterocycles. The van der Waals surface area contributed by atoms with Gasteiger partial charge in [-0.05, 0) is 5.53 Å². The lowest BCUT2D eigenvalue weighted by Crippen LogP contribution is -2.63. The summed E-state index contributed by atoms with van der Waals surface area (Å²) in [6, 6.07) is -2.20. The molecule has 2 amide bonds. The molecule has 20 atom stereocenters. The largest absolute Gasteiger partial charge is 0.394 e. The fourth-order valence-electron chi connectivity index (χ4n) is 6.48. The highest BCUT2D eigenvalue weighted by atomic mass is 127. The van der Waals surface area contributed by atoms with Gasteiger partial charge in [0.2, 0.25) is 11.8 Å².